The van der Waals surface area contributed by atoms with Crippen LogP contribution in [0.25, 0.3) is 11.0 Å². The Morgan fingerprint density at radius 2 is 2.00 bits per heavy atom. The molecule has 0 aliphatic heterocycles. The number of anilines is 1. The molecule has 0 saturated carbocycles. The Hall–Kier alpha value is -2.56. The van der Waals surface area contributed by atoms with Crippen LogP contribution in [-0.2, 0) is 13.5 Å². The highest BCUT2D eigenvalue weighted by atomic mass is 16.5. The van der Waals surface area contributed by atoms with E-state index in [4.69, 9.17) is 4.74 Å². The van der Waals surface area contributed by atoms with Gasteiger partial charge >= 0.3 is 0 Å². The average molecular weight is 310 g/mol. The summed E-state index contributed by atoms with van der Waals surface area (Å²) in [5, 5.41) is 8.91. The van der Waals surface area contributed by atoms with Gasteiger partial charge in [-0.25, -0.2) is 4.98 Å². The summed E-state index contributed by atoms with van der Waals surface area (Å²) in [7, 11) is 3.60. The van der Waals surface area contributed by atoms with Gasteiger partial charge in [-0.3, -0.25) is 4.68 Å². The lowest BCUT2D eigenvalue weighted by molar-refractivity contribution is 0.414. The number of fused-ring (bicyclic) bond motifs is 1. The number of aryl methyl sites for hydroxylation is 2. The van der Waals surface area contributed by atoms with Crippen LogP contribution in [0.5, 0.6) is 5.75 Å². The van der Waals surface area contributed by atoms with Gasteiger partial charge in [0.15, 0.2) is 5.65 Å². The number of nitrogens with zero attached hydrogens (tertiary/aromatic N) is 3. The number of hydrogen-bond acceptors (Lipinski definition) is 4. The minimum absolute atomic E-state index is 0.364. The quantitative estimate of drug-likeness (QED) is 0.758. The van der Waals surface area contributed by atoms with Gasteiger partial charge in [0.1, 0.15) is 5.75 Å². The van der Waals surface area contributed by atoms with Crippen molar-refractivity contribution in [1.29, 1.82) is 0 Å². The van der Waals surface area contributed by atoms with E-state index >= 15 is 0 Å². The largest absolute Gasteiger partial charge is 0.497 e. The molecule has 1 unspecified atom stereocenters. The Morgan fingerprint density at radius 1 is 1.22 bits per heavy atom. The van der Waals surface area contributed by atoms with Crippen molar-refractivity contribution in [2.75, 3.05) is 12.4 Å². The second kappa shape index (κ2) is 6.69. The van der Waals surface area contributed by atoms with Gasteiger partial charge in [0, 0.05) is 25.0 Å². The van der Waals surface area contributed by atoms with Gasteiger partial charge in [0.25, 0.3) is 0 Å². The van der Waals surface area contributed by atoms with Crippen molar-refractivity contribution in [2.45, 2.75) is 25.8 Å². The first kappa shape index (κ1) is 15.3. The molecule has 1 N–H and O–H groups in total. The molecule has 5 nitrogen and oxygen atoms in total. The second-order valence-electron chi connectivity index (χ2n) is 5.80. The lowest BCUT2D eigenvalue weighted by Gasteiger charge is -2.16. The van der Waals surface area contributed by atoms with Crippen molar-refractivity contribution < 1.29 is 4.74 Å². The van der Waals surface area contributed by atoms with Crippen LogP contribution in [0, 0.1) is 0 Å². The summed E-state index contributed by atoms with van der Waals surface area (Å²) in [4.78, 5) is 4.37. The van der Waals surface area contributed by atoms with Gasteiger partial charge in [0.05, 0.1) is 18.7 Å². The molecule has 0 fully saturated rings. The van der Waals surface area contributed by atoms with Crippen LogP contribution in [0.1, 0.15) is 18.9 Å². The van der Waals surface area contributed by atoms with Crippen LogP contribution in [-0.4, -0.2) is 27.9 Å². The number of benzene rings is 1. The van der Waals surface area contributed by atoms with E-state index in [2.05, 4.69) is 34.5 Å². The summed E-state index contributed by atoms with van der Waals surface area (Å²) < 4.78 is 6.98. The standard InChI is InChI=1S/C18H22N4O/c1-13(4-5-14-6-8-15(23-3)9-7-14)21-17-10-11-19-18-16(17)12-20-22(18)2/h6-13H,4-5H2,1-3H3,(H,19,21). The van der Waals surface area contributed by atoms with Crippen LogP contribution >= 0.6 is 0 Å². The van der Waals surface area contributed by atoms with E-state index in [1.807, 2.05) is 37.6 Å². The summed E-state index contributed by atoms with van der Waals surface area (Å²) >= 11 is 0. The predicted molar refractivity (Wildman–Crippen MR) is 92.9 cm³/mol. The monoisotopic (exact) mass is 310 g/mol. The minimum Gasteiger partial charge on any atom is -0.497 e. The maximum Gasteiger partial charge on any atom is 0.159 e. The van der Waals surface area contributed by atoms with Crippen molar-refractivity contribution in [3.8, 4) is 5.75 Å². The summed E-state index contributed by atoms with van der Waals surface area (Å²) in [5.41, 5.74) is 3.31. The molecule has 23 heavy (non-hydrogen) atoms. The Kier molecular flexibility index (Phi) is 4.46. The maximum absolute atomic E-state index is 5.19. The Morgan fingerprint density at radius 3 is 2.74 bits per heavy atom. The molecule has 1 aromatic carbocycles. The number of aromatic nitrogens is 3. The van der Waals surface area contributed by atoms with E-state index in [1.165, 1.54) is 5.56 Å². The Labute approximate surface area is 136 Å². The fraction of sp³-hybridized carbons (Fsp3) is 0.333. The summed E-state index contributed by atoms with van der Waals surface area (Å²) in [5.74, 6) is 0.899. The molecular formula is C18H22N4O. The van der Waals surface area contributed by atoms with Crippen molar-refractivity contribution in [2.24, 2.45) is 7.05 Å². The van der Waals surface area contributed by atoms with E-state index in [-0.39, 0.29) is 0 Å². The highest BCUT2D eigenvalue weighted by Gasteiger charge is 2.09. The van der Waals surface area contributed by atoms with Crippen LogP contribution in [0.3, 0.4) is 0 Å². The topological polar surface area (TPSA) is 52.0 Å². The lowest BCUT2D eigenvalue weighted by Crippen LogP contribution is -2.16. The smallest absolute Gasteiger partial charge is 0.159 e. The second-order valence-corrected chi connectivity index (χ2v) is 5.80. The SMILES string of the molecule is COc1ccc(CCC(C)Nc2ccnc3c2cnn3C)cc1. The van der Waals surface area contributed by atoms with E-state index in [1.54, 1.807) is 11.8 Å². The van der Waals surface area contributed by atoms with E-state index in [0.717, 1.165) is 35.3 Å². The van der Waals surface area contributed by atoms with Gasteiger partial charge in [-0.05, 0) is 43.5 Å². The fourth-order valence-corrected chi connectivity index (χ4v) is 2.69. The zero-order chi connectivity index (χ0) is 16.2. The molecule has 0 radical (unpaired) electrons. The first-order valence-corrected chi connectivity index (χ1v) is 7.83. The Balaban J connectivity index is 1.63. The van der Waals surface area contributed by atoms with Crippen LogP contribution < -0.4 is 10.1 Å². The molecule has 0 spiro atoms. The van der Waals surface area contributed by atoms with Crippen molar-refractivity contribution in [3.05, 3.63) is 48.3 Å². The zero-order valence-electron chi connectivity index (χ0n) is 13.8. The molecule has 0 aliphatic carbocycles. The Bertz CT molecular complexity index is 779. The first-order chi connectivity index (χ1) is 11.2. The maximum atomic E-state index is 5.19. The van der Waals surface area contributed by atoms with Crippen molar-refractivity contribution >= 4 is 16.7 Å². The van der Waals surface area contributed by atoms with Gasteiger partial charge < -0.3 is 10.1 Å². The number of methoxy groups -OCH3 is 1. The molecule has 1 atom stereocenters. The minimum atomic E-state index is 0.364. The highest BCUT2D eigenvalue weighted by molar-refractivity contribution is 5.88. The number of ether oxygens (including phenoxy) is 1. The van der Waals surface area contributed by atoms with Gasteiger partial charge in [-0.1, -0.05) is 12.1 Å². The predicted octanol–water partition coefficient (Wildman–Crippen LogP) is 3.41. The van der Waals surface area contributed by atoms with E-state index in [9.17, 15) is 0 Å². The van der Waals surface area contributed by atoms with Crippen LogP contribution in [0.4, 0.5) is 5.69 Å². The molecule has 0 bridgehead atoms. The lowest BCUT2D eigenvalue weighted by atomic mass is 10.1. The molecule has 0 aliphatic rings. The normalized spacial score (nSPS) is 12.3. The van der Waals surface area contributed by atoms with Gasteiger partial charge in [-0.2, -0.15) is 5.10 Å². The third-order valence-corrected chi connectivity index (χ3v) is 4.06. The van der Waals surface area contributed by atoms with E-state index in [0.29, 0.717) is 6.04 Å². The fourth-order valence-electron chi connectivity index (χ4n) is 2.69. The zero-order valence-corrected chi connectivity index (χ0v) is 13.8. The van der Waals surface area contributed by atoms with Crippen molar-refractivity contribution in [3.63, 3.8) is 0 Å². The molecule has 2 heterocycles. The third-order valence-electron chi connectivity index (χ3n) is 4.06. The van der Waals surface area contributed by atoms with Gasteiger partial charge in [-0.15, -0.1) is 0 Å². The molecular weight excluding hydrogens is 288 g/mol. The van der Waals surface area contributed by atoms with E-state index < -0.39 is 0 Å². The average Bonchev–Trinajstić information content (AvgIpc) is 2.96. The molecule has 2 aromatic heterocycles. The number of nitrogens with one attached hydrogen (secondary N) is 1. The molecule has 0 saturated heterocycles. The van der Waals surface area contributed by atoms with Crippen LogP contribution in [0.2, 0.25) is 0 Å². The molecule has 5 heteroatoms. The number of pyridine rings is 1. The van der Waals surface area contributed by atoms with Crippen molar-refractivity contribution in [1.82, 2.24) is 14.8 Å². The first-order valence-electron chi connectivity index (χ1n) is 7.83. The van der Waals surface area contributed by atoms with Crippen LogP contribution in [0.15, 0.2) is 42.7 Å². The summed E-state index contributed by atoms with van der Waals surface area (Å²) in [6.07, 6.45) is 5.76. The third kappa shape index (κ3) is 3.44. The molecule has 3 rings (SSSR count). The van der Waals surface area contributed by atoms with Gasteiger partial charge in [0.2, 0.25) is 0 Å². The highest BCUT2D eigenvalue weighted by Crippen LogP contribution is 2.22. The molecule has 120 valence electrons. The number of hydrogen-bond donors (Lipinski definition) is 1. The number of rotatable bonds is 6. The molecule has 0 amide bonds. The summed E-state index contributed by atoms with van der Waals surface area (Å²) in [6.45, 7) is 2.20. The molecule has 3 aromatic rings. The summed E-state index contributed by atoms with van der Waals surface area (Å²) in [6, 6.07) is 10.6.